The minimum atomic E-state index is 0.120. The van der Waals surface area contributed by atoms with Gasteiger partial charge in [0.25, 0.3) is 0 Å². The van der Waals surface area contributed by atoms with E-state index in [4.69, 9.17) is 4.74 Å². The van der Waals surface area contributed by atoms with Crippen LogP contribution in [-0.2, 0) is 23.7 Å². The third-order valence-electron chi connectivity index (χ3n) is 22.4. The minimum absolute atomic E-state index is 0.120. The van der Waals surface area contributed by atoms with Gasteiger partial charge in [0.15, 0.2) is 0 Å². The predicted octanol–water partition coefficient (Wildman–Crippen LogP) is 28.8. The molecule has 1 aliphatic heterocycles. The maximum absolute atomic E-state index is 6.22. The van der Waals surface area contributed by atoms with Gasteiger partial charge in [-0.3, -0.25) is 0 Å². The fourth-order valence-electron chi connectivity index (χ4n) is 15.0. The Morgan fingerprint density at radius 2 is 0.794 bits per heavy atom. The smallest absolute Gasteiger partial charge is 0.124 e. The van der Waals surface area contributed by atoms with E-state index in [1.165, 1.54) is 180 Å². The normalized spacial score (nSPS) is 15.0. The van der Waals surface area contributed by atoms with E-state index in [1.54, 1.807) is 0 Å². The number of benzene rings is 10. The summed E-state index contributed by atoms with van der Waals surface area (Å²) < 4.78 is 6.22. The molecule has 102 heavy (non-hydrogen) atoms. The third kappa shape index (κ3) is 22.0. The SMILES string of the molecule is CC.CCC(C)c1ccc(C)cc1.CCc1cccc(C)c1.Cc1cc(C(C)CC(c2cc(C)c(C)c(C)c2)c2cc(C)c(C)c(C)c2)cc(C)c1C.Cc1ccc(C)cc1.Cc1ccc(C2(C)CC(C)(C)c3cc(C)c(C)cc32)c(C)c1.Cc1ccc(C2CCc3ccc(C)cc3O2)c(C)c1. The van der Waals surface area contributed by atoms with E-state index in [9.17, 15) is 0 Å². The first-order valence-corrected chi connectivity index (χ1v) is 38.5. The number of rotatable bonds is 10. The van der Waals surface area contributed by atoms with E-state index in [0.717, 1.165) is 31.4 Å². The summed E-state index contributed by atoms with van der Waals surface area (Å²) in [6.45, 7) is 64.3. The average Bonchev–Trinajstić information content (AvgIpc) is 1.56. The molecule has 0 radical (unpaired) electrons. The molecule has 0 saturated heterocycles. The first-order valence-electron chi connectivity index (χ1n) is 38.5. The number of fused-ring (bicyclic) bond motifs is 2. The van der Waals surface area contributed by atoms with Gasteiger partial charge in [-0.25, -0.2) is 0 Å². The number of hydrogen-bond donors (Lipinski definition) is 0. The van der Waals surface area contributed by atoms with Crippen molar-refractivity contribution in [3.05, 3.63) is 343 Å². The molecular weight excluding hydrogens is 1230 g/mol. The molecule has 1 heteroatoms. The Hall–Kier alpha value is -8.00. The molecule has 10 aromatic carbocycles. The van der Waals surface area contributed by atoms with E-state index in [2.05, 4.69) is 363 Å². The highest BCUT2D eigenvalue weighted by atomic mass is 16.5. The second-order valence-corrected chi connectivity index (χ2v) is 31.6. The molecule has 0 amide bonds. The van der Waals surface area contributed by atoms with E-state index in [-0.39, 0.29) is 16.9 Å². The maximum Gasteiger partial charge on any atom is 0.124 e. The van der Waals surface area contributed by atoms with Crippen LogP contribution in [0.3, 0.4) is 0 Å². The molecule has 0 fully saturated rings. The molecule has 2 aliphatic rings. The molecule has 4 unspecified atom stereocenters. The molecule has 542 valence electrons. The van der Waals surface area contributed by atoms with E-state index >= 15 is 0 Å². The van der Waals surface area contributed by atoms with Gasteiger partial charge in [-0.1, -0.05) is 266 Å². The summed E-state index contributed by atoms with van der Waals surface area (Å²) >= 11 is 0. The van der Waals surface area contributed by atoms with Gasteiger partial charge in [0.2, 0.25) is 0 Å². The van der Waals surface area contributed by atoms with Crippen molar-refractivity contribution in [2.75, 3.05) is 0 Å². The molecule has 0 saturated carbocycles. The van der Waals surface area contributed by atoms with Crippen LogP contribution in [0.15, 0.2) is 176 Å². The number of ether oxygens (including phenoxy) is 1. The topological polar surface area (TPSA) is 9.23 Å². The second-order valence-electron chi connectivity index (χ2n) is 31.6. The predicted molar refractivity (Wildman–Crippen MR) is 449 cm³/mol. The zero-order valence-electron chi connectivity index (χ0n) is 69.2. The van der Waals surface area contributed by atoms with Crippen molar-refractivity contribution >= 4 is 0 Å². The van der Waals surface area contributed by atoms with Crippen molar-refractivity contribution in [2.24, 2.45) is 0 Å². The van der Waals surface area contributed by atoms with E-state index in [1.807, 2.05) is 13.8 Å². The Balaban J connectivity index is 0.000000203. The van der Waals surface area contributed by atoms with Gasteiger partial charge in [-0.2, -0.15) is 0 Å². The van der Waals surface area contributed by atoms with Crippen LogP contribution in [-0.4, -0.2) is 0 Å². The molecule has 12 rings (SSSR count). The standard InChI is InChI=1S/C31H40.C22H28.C18H20O.C11H16.C9H12.C8H10.C2H6/c1-18-11-28(12-19(2)25(18)8)24(7)17-31(29-13-20(3)26(9)21(4)14-29)30-15-22(5)27(10)23(6)16-30;1-14-8-9-18(17(4)10-14)22(7)13-21(5,6)19-11-15(2)16(3)12-20(19)22;1-12-5-8-16(14(3)10-12)17-9-7-15-6-4-13(2)11-18(15)19-17;1-4-10(3)11-7-5-9(2)6-8-11;1-3-9-6-4-5-8(2)7-9;1-7-3-5-8(2)6-4-7;1-2/h11-16,24,31H,17H2,1-10H3;8-12H,13H2,1-7H3;4-6,8,10-11,17H,7,9H2,1-3H3;5-8,10H,4H2,1-3H3;4-7H,3H2,1-2H3;3-6H,1-2H3;1-2H3. The average molecular weight is 1360 g/mol. The van der Waals surface area contributed by atoms with Crippen LogP contribution in [0.5, 0.6) is 5.75 Å². The van der Waals surface area contributed by atoms with Crippen molar-refractivity contribution in [1.82, 2.24) is 0 Å². The van der Waals surface area contributed by atoms with Gasteiger partial charge in [0.1, 0.15) is 11.9 Å². The molecule has 1 aliphatic carbocycles. The molecule has 4 atom stereocenters. The highest BCUT2D eigenvalue weighted by Gasteiger charge is 2.46. The largest absolute Gasteiger partial charge is 0.485 e. The molecule has 0 spiro atoms. The third-order valence-corrected chi connectivity index (χ3v) is 22.4. The number of hydrogen-bond acceptors (Lipinski definition) is 1. The van der Waals surface area contributed by atoms with E-state index in [0.29, 0.717) is 17.8 Å². The van der Waals surface area contributed by atoms with Crippen molar-refractivity contribution < 1.29 is 4.74 Å². The zero-order chi connectivity index (χ0) is 75.7. The van der Waals surface area contributed by atoms with Crippen LogP contribution in [0, 0.1) is 138 Å². The molecule has 0 N–H and O–H groups in total. The van der Waals surface area contributed by atoms with Crippen molar-refractivity contribution in [2.45, 2.75) is 274 Å². The molecule has 10 aromatic rings. The first-order chi connectivity index (χ1) is 48.1. The number of aryl methyl sites for hydroxylation is 19. The summed E-state index contributed by atoms with van der Waals surface area (Å²) in [7, 11) is 0. The fraction of sp³-hybridized carbons (Fsp3) is 0.406. The summed E-state index contributed by atoms with van der Waals surface area (Å²) in [5, 5.41) is 0. The van der Waals surface area contributed by atoms with Gasteiger partial charge in [-0.05, 0) is 334 Å². The summed E-state index contributed by atoms with van der Waals surface area (Å²) in [4.78, 5) is 0. The Labute approximate surface area is 623 Å². The van der Waals surface area contributed by atoms with Crippen molar-refractivity contribution in [3.8, 4) is 5.75 Å². The van der Waals surface area contributed by atoms with Gasteiger partial charge >= 0.3 is 0 Å². The van der Waals surface area contributed by atoms with Gasteiger partial charge in [-0.15, -0.1) is 0 Å². The van der Waals surface area contributed by atoms with Crippen LogP contribution in [0.2, 0.25) is 0 Å². The van der Waals surface area contributed by atoms with Crippen LogP contribution in [0.1, 0.15) is 279 Å². The maximum atomic E-state index is 6.22. The molecule has 0 bridgehead atoms. The molecular formula is C101H132O. The van der Waals surface area contributed by atoms with Crippen molar-refractivity contribution in [1.29, 1.82) is 0 Å². The first kappa shape index (κ1) is 83.0. The lowest BCUT2D eigenvalue weighted by Gasteiger charge is -2.30. The summed E-state index contributed by atoms with van der Waals surface area (Å²) in [6.07, 6.45) is 7.04. The fourth-order valence-corrected chi connectivity index (χ4v) is 15.0. The second kappa shape index (κ2) is 37.4. The monoisotopic (exact) mass is 1360 g/mol. The summed E-state index contributed by atoms with van der Waals surface area (Å²) in [5.74, 6) is 2.66. The van der Waals surface area contributed by atoms with Crippen molar-refractivity contribution in [3.63, 3.8) is 0 Å². The summed E-state index contributed by atoms with van der Waals surface area (Å²) in [6, 6.07) is 65.4. The summed E-state index contributed by atoms with van der Waals surface area (Å²) in [5.41, 5.74) is 42.4. The Bertz CT molecular complexity index is 4220. The van der Waals surface area contributed by atoms with E-state index < -0.39 is 0 Å². The van der Waals surface area contributed by atoms with Gasteiger partial charge in [0, 0.05) is 11.3 Å². The zero-order valence-corrected chi connectivity index (χ0v) is 69.2. The Morgan fingerprint density at radius 3 is 1.25 bits per heavy atom. The highest BCUT2D eigenvalue weighted by molar-refractivity contribution is 5.57. The lowest BCUT2D eigenvalue weighted by molar-refractivity contribution is 0.176. The molecule has 1 heterocycles. The van der Waals surface area contributed by atoms with Crippen LogP contribution in [0.4, 0.5) is 0 Å². The molecule has 1 nitrogen and oxygen atoms in total. The Morgan fingerprint density at radius 1 is 0.373 bits per heavy atom. The van der Waals surface area contributed by atoms with Crippen LogP contribution >= 0.6 is 0 Å². The highest BCUT2D eigenvalue weighted by Crippen LogP contribution is 2.54. The lowest BCUT2D eigenvalue weighted by Crippen LogP contribution is -2.24. The van der Waals surface area contributed by atoms with Gasteiger partial charge in [0.05, 0.1) is 0 Å². The Kier molecular flexibility index (Phi) is 30.4. The van der Waals surface area contributed by atoms with Crippen LogP contribution in [0.25, 0.3) is 0 Å². The lowest BCUT2D eigenvalue weighted by atomic mass is 9.73. The quantitative estimate of drug-likeness (QED) is 0.133. The van der Waals surface area contributed by atoms with Crippen LogP contribution < -0.4 is 4.74 Å². The van der Waals surface area contributed by atoms with Gasteiger partial charge < -0.3 is 4.74 Å². The minimum Gasteiger partial charge on any atom is -0.485 e. The molecule has 0 aromatic heterocycles.